The first-order chi connectivity index (χ1) is 8.56. The molecule has 0 spiro atoms. The molecule has 0 aliphatic heterocycles. The predicted molar refractivity (Wildman–Crippen MR) is 74.0 cm³/mol. The molecule has 5 atom stereocenters. The first-order valence-electron chi connectivity index (χ1n) is 7.61. The van der Waals surface area contributed by atoms with Crippen LogP contribution in [0.3, 0.4) is 0 Å². The third kappa shape index (κ3) is 3.47. The Bertz CT molecular complexity index is 292. The van der Waals surface area contributed by atoms with Crippen LogP contribution in [0, 0.1) is 17.8 Å². The van der Waals surface area contributed by atoms with Crippen LogP contribution in [-0.2, 0) is 4.79 Å². The van der Waals surface area contributed by atoms with Crippen LogP contribution in [0.2, 0.25) is 0 Å². The Hall–Kier alpha value is -0.570. The summed E-state index contributed by atoms with van der Waals surface area (Å²) in [6, 6.07) is 1.18. The molecule has 1 amide bonds. The summed E-state index contributed by atoms with van der Waals surface area (Å²) in [7, 11) is 0. The van der Waals surface area contributed by atoms with Crippen LogP contribution in [0.1, 0.15) is 58.8 Å². The van der Waals surface area contributed by atoms with Gasteiger partial charge in [-0.2, -0.15) is 0 Å². The van der Waals surface area contributed by atoms with Crippen LogP contribution in [0.4, 0.5) is 0 Å². The fourth-order valence-electron chi connectivity index (χ4n) is 3.63. The minimum atomic E-state index is -0.105. The van der Waals surface area contributed by atoms with E-state index in [0.29, 0.717) is 12.1 Å². The van der Waals surface area contributed by atoms with Gasteiger partial charge in [-0.25, -0.2) is 0 Å². The summed E-state index contributed by atoms with van der Waals surface area (Å²) in [5, 5.41) is 3.79. The van der Waals surface area contributed by atoms with Crippen molar-refractivity contribution in [1.29, 1.82) is 0 Å². The first kappa shape index (κ1) is 13.9. The van der Waals surface area contributed by atoms with Crippen LogP contribution >= 0.6 is 0 Å². The van der Waals surface area contributed by atoms with Gasteiger partial charge in [0.1, 0.15) is 0 Å². The molecule has 18 heavy (non-hydrogen) atoms. The highest BCUT2D eigenvalue weighted by Crippen LogP contribution is 2.31. The Labute approximate surface area is 111 Å². The second-order valence-electron chi connectivity index (χ2n) is 6.59. The zero-order valence-electron chi connectivity index (χ0n) is 11.8. The van der Waals surface area contributed by atoms with Gasteiger partial charge in [0.2, 0.25) is 5.91 Å². The van der Waals surface area contributed by atoms with E-state index in [2.05, 4.69) is 19.2 Å². The highest BCUT2D eigenvalue weighted by molar-refractivity contribution is 5.76. The molecule has 0 heterocycles. The molecule has 0 bridgehead atoms. The Morgan fingerprint density at radius 1 is 1.00 bits per heavy atom. The van der Waals surface area contributed by atoms with Gasteiger partial charge < -0.3 is 11.1 Å². The van der Waals surface area contributed by atoms with E-state index in [0.717, 1.165) is 31.1 Å². The molecular weight excluding hydrogens is 224 g/mol. The smallest absolute Gasteiger partial charge is 0.220 e. The van der Waals surface area contributed by atoms with Gasteiger partial charge in [0.05, 0.1) is 0 Å². The third-order valence-corrected chi connectivity index (χ3v) is 5.15. The van der Waals surface area contributed by atoms with E-state index in [9.17, 15) is 4.79 Å². The quantitative estimate of drug-likeness (QED) is 0.810. The molecular formula is C15H28N2O. The summed E-state index contributed by atoms with van der Waals surface area (Å²) < 4.78 is 0. The number of nitrogens with one attached hydrogen (secondary N) is 1. The van der Waals surface area contributed by atoms with E-state index in [1.807, 2.05) is 0 Å². The molecule has 2 aliphatic rings. The molecule has 0 radical (unpaired) electrons. The van der Waals surface area contributed by atoms with Crippen LogP contribution < -0.4 is 11.1 Å². The lowest BCUT2D eigenvalue weighted by molar-refractivity contribution is -0.123. The molecule has 2 aliphatic carbocycles. The van der Waals surface area contributed by atoms with Crippen molar-refractivity contribution in [3.05, 3.63) is 0 Å². The van der Waals surface area contributed by atoms with E-state index in [-0.39, 0.29) is 11.8 Å². The highest BCUT2D eigenvalue weighted by Gasteiger charge is 2.30. The Kier molecular flexibility index (Phi) is 4.66. The van der Waals surface area contributed by atoms with Crippen LogP contribution in [0.15, 0.2) is 0 Å². The molecule has 104 valence electrons. The second kappa shape index (κ2) is 6.05. The summed E-state index contributed by atoms with van der Waals surface area (Å²) >= 11 is 0. The van der Waals surface area contributed by atoms with Crippen molar-refractivity contribution in [2.75, 3.05) is 0 Å². The van der Waals surface area contributed by atoms with Gasteiger partial charge in [-0.1, -0.05) is 20.3 Å². The van der Waals surface area contributed by atoms with E-state index in [1.165, 1.54) is 25.7 Å². The van der Waals surface area contributed by atoms with Gasteiger partial charge in [0, 0.05) is 18.0 Å². The maximum absolute atomic E-state index is 11.3. The fraction of sp³-hybridized carbons (Fsp3) is 0.933. The SMILES string of the molecule is C[C@@H]1CC[C@H](N[C@@H]2CCC[C@H](C(N)=O)C2)C[C@H]1C. The normalized spacial score (nSPS) is 41.6. The molecule has 3 heteroatoms. The van der Waals surface area contributed by atoms with Gasteiger partial charge in [-0.05, 0) is 50.4 Å². The maximum Gasteiger partial charge on any atom is 0.220 e. The minimum absolute atomic E-state index is 0.105. The zero-order valence-corrected chi connectivity index (χ0v) is 11.8. The van der Waals surface area contributed by atoms with E-state index >= 15 is 0 Å². The van der Waals surface area contributed by atoms with Crippen LogP contribution in [0.25, 0.3) is 0 Å². The molecule has 0 aromatic carbocycles. The topological polar surface area (TPSA) is 55.1 Å². The molecule has 0 aromatic rings. The molecule has 3 nitrogen and oxygen atoms in total. The average molecular weight is 252 g/mol. The Morgan fingerprint density at radius 2 is 1.72 bits per heavy atom. The second-order valence-corrected chi connectivity index (χ2v) is 6.59. The van der Waals surface area contributed by atoms with E-state index in [4.69, 9.17) is 5.73 Å². The zero-order chi connectivity index (χ0) is 13.1. The summed E-state index contributed by atoms with van der Waals surface area (Å²) in [6.45, 7) is 4.73. The van der Waals surface area contributed by atoms with Gasteiger partial charge in [-0.15, -0.1) is 0 Å². The number of rotatable bonds is 3. The largest absolute Gasteiger partial charge is 0.369 e. The fourth-order valence-corrected chi connectivity index (χ4v) is 3.63. The Balaban J connectivity index is 1.80. The molecule has 2 fully saturated rings. The summed E-state index contributed by atoms with van der Waals surface area (Å²) in [5.41, 5.74) is 5.44. The summed E-state index contributed by atoms with van der Waals surface area (Å²) in [4.78, 5) is 11.3. The Morgan fingerprint density at radius 3 is 2.39 bits per heavy atom. The van der Waals surface area contributed by atoms with Crippen molar-refractivity contribution in [2.45, 2.75) is 70.9 Å². The minimum Gasteiger partial charge on any atom is -0.369 e. The maximum atomic E-state index is 11.3. The molecule has 0 aromatic heterocycles. The average Bonchev–Trinajstić information content (AvgIpc) is 2.34. The van der Waals surface area contributed by atoms with Crippen LogP contribution in [-0.4, -0.2) is 18.0 Å². The number of hydrogen-bond acceptors (Lipinski definition) is 2. The molecule has 0 unspecified atom stereocenters. The monoisotopic (exact) mass is 252 g/mol. The van der Waals surface area contributed by atoms with E-state index in [1.54, 1.807) is 0 Å². The molecule has 3 N–H and O–H groups in total. The number of hydrogen-bond donors (Lipinski definition) is 2. The van der Waals surface area contributed by atoms with E-state index < -0.39 is 0 Å². The number of amides is 1. The van der Waals surface area contributed by atoms with Crippen molar-refractivity contribution in [2.24, 2.45) is 23.5 Å². The van der Waals surface area contributed by atoms with Crippen molar-refractivity contribution in [3.63, 3.8) is 0 Å². The number of carbonyl (C=O) groups excluding carboxylic acids is 1. The summed E-state index contributed by atoms with van der Waals surface area (Å²) in [5.74, 6) is 1.70. The molecule has 2 saturated carbocycles. The lowest BCUT2D eigenvalue weighted by Crippen LogP contribution is -2.45. The van der Waals surface area contributed by atoms with Crippen molar-refractivity contribution >= 4 is 5.91 Å². The highest BCUT2D eigenvalue weighted by atomic mass is 16.1. The molecule has 0 saturated heterocycles. The molecule has 2 rings (SSSR count). The lowest BCUT2D eigenvalue weighted by Gasteiger charge is -2.37. The number of nitrogens with two attached hydrogens (primary N) is 1. The van der Waals surface area contributed by atoms with Gasteiger partial charge in [0.15, 0.2) is 0 Å². The van der Waals surface area contributed by atoms with Crippen LogP contribution in [0.5, 0.6) is 0 Å². The number of carbonyl (C=O) groups is 1. The van der Waals surface area contributed by atoms with Gasteiger partial charge >= 0.3 is 0 Å². The first-order valence-corrected chi connectivity index (χ1v) is 7.61. The van der Waals surface area contributed by atoms with Crippen molar-refractivity contribution in [3.8, 4) is 0 Å². The number of primary amides is 1. The van der Waals surface area contributed by atoms with Crippen molar-refractivity contribution in [1.82, 2.24) is 5.32 Å². The predicted octanol–water partition coefficient (Wildman–Crippen LogP) is 2.44. The standard InChI is InChI=1S/C15H28N2O/c1-10-6-7-14(8-11(10)2)17-13-5-3-4-12(9-13)15(16)18/h10-14,17H,3-9H2,1-2H3,(H2,16,18)/t10-,11-,12+,13-,14+/m1/s1. The van der Waals surface area contributed by atoms with Crippen molar-refractivity contribution < 1.29 is 4.79 Å². The lowest BCUT2D eigenvalue weighted by atomic mass is 9.78. The summed E-state index contributed by atoms with van der Waals surface area (Å²) in [6.07, 6.45) is 8.22. The van der Waals surface area contributed by atoms with Gasteiger partial charge in [-0.3, -0.25) is 4.79 Å². The third-order valence-electron chi connectivity index (χ3n) is 5.15. The van der Waals surface area contributed by atoms with Gasteiger partial charge in [0.25, 0.3) is 0 Å².